The van der Waals surface area contributed by atoms with E-state index >= 15 is 0 Å². The van der Waals surface area contributed by atoms with Crippen LogP contribution in [0.2, 0.25) is 0 Å². The molecule has 1 amide bonds. The fraction of sp³-hybridized carbons (Fsp3) is 0.579. The van der Waals surface area contributed by atoms with Crippen LogP contribution in [0.15, 0.2) is 24.3 Å². The van der Waals surface area contributed by atoms with E-state index in [9.17, 15) is 9.59 Å². The van der Waals surface area contributed by atoms with E-state index in [0.717, 1.165) is 30.7 Å². The zero-order valence-electron chi connectivity index (χ0n) is 14.5. The van der Waals surface area contributed by atoms with Gasteiger partial charge in [0.15, 0.2) is 0 Å². The van der Waals surface area contributed by atoms with Gasteiger partial charge >= 0.3 is 5.97 Å². The molecule has 1 aliphatic rings. The number of carboxylic acids is 1. The third-order valence-corrected chi connectivity index (χ3v) is 4.78. The van der Waals surface area contributed by atoms with Gasteiger partial charge < -0.3 is 14.7 Å². The first-order valence-corrected chi connectivity index (χ1v) is 8.63. The largest absolute Gasteiger partial charge is 0.497 e. The number of benzene rings is 1. The minimum atomic E-state index is -0.759. The van der Waals surface area contributed by atoms with Crippen molar-refractivity contribution in [2.24, 2.45) is 5.92 Å². The third-order valence-electron chi connectivity index (χ3n) is 4.78. The van der Waals surface area contributed by atoms with E-state index in [-0.39, 0.29) is 18.2 Å². The maximum absolute atomic E-state index is 12.6. The maximum Gasteiger partial charge on any atom is 0.303 e. The normalized spacial score (nSPS) is 18.9. The molecule has 1 saturated heterocycles. The number of ether oxygens (including phenoxy) is 1. The molecule has 0 unspecified atom stereocenters. The van der Waals surface area contributed by atoms with Crippen LogP contribution in [0, 0.1) is 5.92 Å². The van der Waals surface area contributed by atoms with Crippen molar-refractivity contribution in [1.82, 2.24) is 4.90 Å². The summed E-state index contributed by atoms with van der Waals surface area (Å²) in [6.45, 7) is 3.53. The molecule has 0 bridgehead atoms. The summed E-state index contributed by atoms with van der Waals surface area (Å²) in [6, 6.07) is 7.84. The average molecular weight is 333 g/mol. The van der Waals surface area contributed by atoms with Crippen molar-refractivity contribution in [2.45, 2.75) is 44.9 Å². The Morgan fingerprint density at radius 1 is 1.42 bits per heavy atom. The highest BCUT2D eigenvalue weighted by molar-refractivity contribution is 5.77. The number of methoxy groups -OCH3 is 1. The van der Waals surface area contributed by atoms with E-state index in [4.69, 9.17) is 9.84 Å². The predicted octanol–water partition coefficient (Wildman–Crippen LogP) is 3.29. The molecule has 1 aromatic rings. The number of likely N-dealkylation sites (tertiary alicyclic amines) is 1. The first-order valence-electron chi connectivity index (χ1n) is 8.63. The van der Waals surface area contributed by atoms with Crippen LogP contribution in [-0.2, 0) is 9.59 Å². The van der Waals surface area contributed by atoms with Gasteiger partial charge in [0.05, 0.1) is 7.11 Å². The Hall–Kier alpha value is -2.04. The van der Waals surface area contributed by atoms with Gasteiger partial charge in [-0.15, -0.1) is 0 Å². The van der Waals surface area contributed by atoms with Crippen molar-refractivity contribution in [1.29, 1.82) is 0 Å². The number of carbonyl (C=O) groups excluding carboxylic acids is 1. The highest BCUT2D eigenvalue weighted by Crippen LogP contribution is 2.26. The Labute approximate surface area is 143 Å². The summed E-state index contributed by atoms with van der Waals surface area (Å²) >= 11 is 0. The second-order valence-corrected chi connectivity index (χ2v) is 6.66. The predicted molar refractivity (Wildman–Crippen MR) is 92.2 cm³/mol. The number of carboxylic acid groups (broad SMARTS) is 1. The molecule has 1 aliphatic heterocycles. The third kappa shape index (κ3) is 5.25. The summed E-state index contributed by atoms with van der Waals surface area (Å²) in [4.78, 5) is 25.2. The van der Waals surface area contributed by atoms with Crippen LogP contribution >= 0.6 is 0 Å². The Balaban J connectivity index is 1.89. The number of hydrogen-bond acceptors (Lipinski definition) is 3. The van der Waals surface area contributed by atoms with Crippen molar-refractivity contribution in [2.75, 3.05) is 20.2 Å². The van der Waals surface area contributed by atoms with Gasteiger partial charge in [-0.25, -0.2) is 0 Å². The monoisotopic (exact) mass is 333 g/mol. The van der Waals surface area contributed by atoms with Crippen molar-refractivity contribution >= 4 is 11.9 Å². The van der Waals surface area contributed by atoms with Gasteiger partial charge in [0.25, 0.3) is 0 Å². The van der Waals surface area contributed by atoms with Crippen LogP contribution in [0.25, 0.3) is 0 Å². The molecule has 5 nitrogen and oxygen atoms in total. The molecule has 0 radical (unpaired) electrons. The minimum absolute atomic E-state index is 0.131. The molecule has 0 saturated carbocycles. The highest BCUT2D eigenvalue weighted by Gasteiger charge is 2.25. The average Bonchev–Trinajstić information content (AvgIpc) is 2.60. The molecule has 1 N–H and O–H groups in total. The minimum Gasteiger partial charge on any atom is -0.497 e. The summed E-state index contributed by atoms with van der Waals surface area (Å²) in [5.41, 5.74) is 1.10. The molecule has 0 aromatic heterocycles. The lowest BCUT2D eigenvalue weighted by Gasteiger charge is -2.33. The van der Waals surface area contributed by atoms with Gasteiger partial charge in [0, 0.05) is 25.9 Å². The summed E-state index contributed by atoms with van der Waals surface area (Å²) < 4.78 is 5.24. The van der Waals surface area contributed by atoms with Gasteiger partial charge in [0.1, 0.15) is 5.75 Å². The Morgan fingerprint density at radius 3 is 2.92 bits per heavy atom. The lowest BCUT2D eigenvalue weighted by molar-refractivity contribution is -0.137. The van der Waals surface area contributed by atoms with Crippen LogP contribution in [0.3, 0.4) is 0 Å². The van der Waals surface area contributed by atoms with Gasteiger partial charge in [-0.2, -0.15) is 0 Å². The van der Waals surface area contributed by atoms with E-state index in [1.54, 1.807) is 7.11 Å². The molecule has 0 spiro atoms. The van der Waals surface area contributed by atoms with Gasteiger partial charge in [-0.1, -0.05) is 19.1 Å². The molecule has 2 atom stereocenters. The Bertz CT molecular complexity index is 572. The molecular weight excluding hydrogens is 306 g/mol. The van der Waals surface area contributed by atoms with Gasteiger partial charge in [0.2, 0.25) is 5.91 Å². The van der Waals surface area contributed by atoms with E-state index in [2.05, 4.69) is 6.92 Å². The zero-order chi connectivity index (χ0) is 17.5. The molecule has 1 fully saturated rings. The highest BCUT2D eigenvalue weighted by atomic mass is 16.5. The van der Waals surface area contributed by atoms with E-state index in [1.165, 1.54) is 0 Å². The fourth-order valence-electron chi connectivity index (χ4n) is 3.31. The number of piperidine rings is 1. The standard InChI is InChI=1S/C19H27NO4/c1-14(16-6-3-7-17(12-16)24-2)11-18(21)20-10-4-5-15(13-20)8-9-19(22)23/h3,6-7,12,14-15H,4-5,8-11,13H2,1-2H3,(H,22,23)/t14-,15-/m0/s1. The van der Waals surface area contributed by atoms with Crippen LogP contribution in [0.1, 0.15) is 50.5 Å². The Kier molecular flexibility index (Phi) is 6.64. The second-order valence-electron chi connectivity index (χ2n) is 6.66. The smallest absolute Gasteiger partial charge is 0.303 e. The molecule has 0 aliphatic carbocycles. The van der Waals surface area contributed by atoms with Crippen molar-refractivity contribution < 1.29 is 19.4 Å². The van der Waals surface area contributed by atoms with Crippen LogP contribution in [0.5, 0.6) is 5.75 Å². The first kappa shape index (κ1) is 18.3. The van der Waals surface area contributed by atoms with Crippen molar-refractivity contribution in [3.8, 4) is 5.75 Å². The van der Waals surface area contributed by atoms with E-state index in [0.29, 0.717) is 25.3 Å². The fourth-order valence-corrected chi connectivity index (χ4v) is 3.31. The SMILES string of the molecule is COc1cccc([C@@H](C)CC(=O)N2CCC[C@@H](CCC(=O)O)C2)c1. The van der Waals surface area contributed by atoms with Crippen LogP contribution in [-0.4, -0.2) is 42.1 Å². The second kappa shape index (κ2) is 8.71. The number of rotatable bonds is 7. The number of hydrogen-bond donors (Lipinski definition) is 1. The molecule has 1 aromatic carbocycles. The van der Waals surface area contributed by atoms with Gasteiger partial charge in [-0.05, 0) is 48.8 Å². The topological polar surface area (TPSA) is 66.8 Å². The number of nitrogens with zero attached hydrogens (tertiary/aromatic N) is 1. The molecule has 2 rings (SSSR count). The first-order chi connectivity index (χ1) is 11.5. The summed E-state index contributed by atoms with van der Waals surface area (Å²) in [6.07, 6.45) is 3.29. The number of aliphatic carboxylic acids is 1. The molecule has 24 heavy (non-hydrogen) atoms. The van der Waals surface area contributed by atoms with Crippen LogP contribution < -0.4 is 4.74 Å². The lowest BCUT2D eigenvalue weighted by atomic mass is 9.92. The summed E-state index contributed by atoms with van der Waals surface area (Å²) in [5, 5.41) is 8.82. The zero-order valence-corrected chi connectivity index (χ0v) is 14.5. The Morgan fingerprint density at radius 2 is 2.21 bits per heavy atom. The summed E-state index contributed by atoms with van der Waals surface area (Å²) in [5.74, 6) is 0.645. The maximum atomic E-state index is 12.6. The molecular formula is C19H27NO4. The lowest BCUT2D eigenvalue weighted by Crippen LogP contribution is -2.40. The number of carbonyl (C=O) groups is 2. The van der Waals surface area contributed by atoms with Crippen molar-refractivity contribution in [3.05, 3.63) is 29.8 Å². The quantitative estimate of drug-likeness (QED) is 0.831. The molecule has 1 heterocycles. The number of amides is 1. The van der Waals surface area contributed by atoms with Gasteiger partial charge in [-0.3, -0.25) is 9.59 Å². The van der Waals surface area contributed by atoms with Crippen LogP contribution in [0.4, 0.5) is 0 Å². The summed E-state index contributed by atoms with van der Waals surface area (Å²) in [7, 11) is 1.64. The van der Waals surface area contributed by atoms with E-state index < -0.39 is 5.97 Å². The molecule has 5 heteroatoms. The van der Waals surface area contributed by atoms with Crippen molar-refractivity contribution in [3.63, 3.8) is 0 Å². The molecule has 132 valence electrons. The van der Waals surface area contributed by atoms with E-state index in [1.807, 2.05) is 29.2 Å².